The van der Waals surface area contributed by atoms with Crippen LogP contribution in [-0.4, -0.2) is 48.3 Å². The highest BCUT2D eigenvalue weighted by molar-refractivity contribution is 8.18. The molecule has 0 radical (unpaired) electrons. The minimum absolute atomic E-state index is 0.00375. The van der Waals surface area contributed by atoms with Crippen LogP contribution >= 0.6 is 11.8 Å². The fourth-order valence-corrected chi connectivity index (χ4v) is 3.88. The van der Waals surface area contributed by atoms with Crippen molar-refractivity contribution in [3.63, 3.8) is 0 Å². The van der Waals surface area contributed by atoms with E-state index in [0.717, 1.165) is 29.3 Å². The van der Waals surface area contributed by atoms with Gasteiger partial charge in [0.05, 0.1) is 17.6 Å². The van der Waals surface area contributed by atoms with E-state index in [1.807, 2.05) is 43.4 Å². The van der Waals surface area contributed by atoms with E-state index in [1.54, 1.807) is 23.1 Å². The molecule has 8 heteroatoms. The van der Waals surface area contributed by atoms with Crippen molar-refractivity contribution in [3.05, 3.63) is 64.6 Å². The maximum Gasteiger partial charge on any atom is 0.290 e. The quantitative estimate of drug-likeness (QED) is 0.742. The van der Waals surface area contributed by atoms with Crippen molar-refractivity contribution in [2.24, 2.45) is 0 Å². The molecule has 30 heavy (non-hydrogen) atoms. The minimum Gasteiger partial charge on any atom is -0.457 e. The summed E-state index contributed by atoms with van der Waals surface area (Å²) in [4.78, 5) is 36.7. The molecule has 0 bridgehead atoms. The molecule has 4 rings (SSSR count). The summed E-state index contributed by atoms with van der Waals surface area (Å²) in [6, 6.07) is 15.0. The number of hydrogen-bond acceptors (Lipinski definition) is 6. The van der Waals surface area contributed by atoms with Crippen molar-refractivity contribution >= 4 is 34.9 Å². The van der Waals surface area contributed by atoms with Crippen molar-refractivity contribution in [1.82, 2.24) is 10.2 Å². The number of morpholine rings is 1. The van der Waals surface area contributed by atoms with E-state index in [0.29, 0.717) is 23.0 Å². The molecular formula is C22H20N2O5S. The largest absolute Gasteiger partial charge is 0.457 e. The highest BCUT2D eigenvalue weighted by Crippen LogP contribution is 2.27. The summed E-state index contributed by atoms with van der Waals surface area (Å²) in [6.45, 7) is 0.692. The summed E-state index contributed by atoms with van der Waals surface area (Å²) in [7, 11) is 1.81. The van der Waals surface area contributed by atoms with E-state index >= 15 is 0 Å². The van der Waals surface area contributed by atoms with Crippen LogP contribution in [0.2, 0.25) is 0 Å². The van der Waals surface area contributed by atoms with Gasteiger partial charge in [0.15, 0.2) is 0 Å². The molecule has 2 aromatic rings. The van der Waals surface area contributed by atoms with Crippen LogP contribution in [0.5, 0.6) is 11.5 Å². The number of amides is 3. The van der Waals surface area contributed by atoms with Crippen LogP contribution in [0.25, 0.3) is 6.08 Å². The van der Waals surface area contributed by atoms with Crippen LogP contribution in [0.1, 0.15) is 11.1 Å². The number of imide groups is 1. The summed E-state index contributed by atoms with van der Waals surface area (Å²) < 4.78 is 11.2. The monoisotopic (exact) mass is 424 g/mol. The van der Waals surface area contributed by atoms with E-state index in [2.05, 4.69) is 5.32 Å². The molecule has 2 fully saturated rings. The Hall–Kier alpha value is -3.10. The van der Waals surface area contributed by atoms with E-state index in [1.165, 1.54) is 0 Å². The molecule has 1 unspecified atom stereocenters. The maximum absolute atomic E-state index is 11.7. The molecule has 2 aromatic carbocycles. The number of likely N-dealkylation sites (N-methyl/N-ethyl adjacent to an activating group) is 1. The van der Waals surface area contributed by atoms with Crippen LogP contribution in [0.15, 0.2) is 53.4 Å². The number of carbonyl (C=O) groups excluding carboxylic acids is 3. The average molecular weight is 424 g/mol. The topological polar surface area (TPSA) is 84.9 Å². The van der Waals surface area contributed by atoms with Gasteiger partial charge in [0.25, 0.3) is 11.1 Å². The number of nitrogens with one attached hydrogen (secondary N) is 1. The Kier molecular flexibility index (Phi) is 5.87. The standard InChI is InChI=1S/C22H20N2O5S/c1-24-16(12-28-13-20(24)25)10-14-2-6-17(7-3-14)29-18-8-4-15(5-9-18)11-19-21(26)23-22(27)30-19/h2-9,11,16H,10,12-13H2,1H3,(H,23,26,27). The first-order valence-electron chi connectivity index (χ1n) is 9.43. The summed E-state index contributed by atoms with van der Waals surface area (Å²) in [5.41, 5.74) is 1.90. The summed E-state index contributed by atoms with van der Waals surface area (Å²) >= 11 is 0.890. The Balaban J connectivity index is 1.36. The molecule has 0 saturated carbocycles. The second kappa shape index (κ2) is 8.73. The Bertz CT molecular complexity index is 1000. The van der Waals surface area contributed by atoms with Crippen LogP contribution in [0.3, 0.4) is 0 Å². The molecule has 0 spiro atoms. The van der Waals surface area contributed by atoms with Crippen LogP contribution in [0, 0.1) is 0 Å². The lowest BCUT2D eigenvalue weighted by atomic mass is 10.0. The predicted molar refractivity (Wildman–Crippen MR) is 113 cm³/mol. The number of thioether (sulfide) groups is 1. The summed E-state index contributed by atoms with van der Waals surface area (Å²) in [5, 5.41) is 1.87. The smallest absolute Gasteiger partial charge is 0.290 e. The Morgan fingerprint density at radius 3 is 2.40 bits per heavy atom. The lowest BCUT2D eigenvalue weighted by Crippen LogP contribution is -2.47. The number of nitrogens with zero attached hydrogens (tertiary/aromatic N) is 1. The third-order valence-corrected chi connectivity index (χ3v) is 5.74. The molecule has 3 amide bonds. The second-order valence-electron chi connectivity index (χ2n) is 7.04. The van der Waals surface area contributed by atoms with Crippen molar-refractivity contribution in [1.29, 1.82) is 0 Å². The van der Waals surface area contributed by atoms with Gasteiger partial charge in [-0.2, -0.15) is 0 Å². The first kappa shape index (κ1) is 20.2. The van der Waals surface area contributed by atoms with Gasteiger partial charge in [-0.1, -0.05) is 24.3 Å². The van der Waals surface area contributed by atoms with Crippen molar-refractivity contribution < 1.29 is 23.9 Å². The molecule has 1 N–H and O–H groups in total. The average Bonchev–Trinajstić information content (AvgIpc) is 3.05. The van der Waals surface area contributed by atoms with Gasteiger partial charge >= 0.3 is 0 Å². The van der Waals surface area contributed by atoms with Gasteiger partial charge < -0.3 is 14.4 Å². The van der Waals surface area contributed by atoms with Crippen molar-refractivity contribution in [2.45, 2.75) is 12.5 Å². The first-order valence-corrected chi connectivity index (χ1v) is 10.2. The van der Waals surface area contributed by atoms with Gasteiger partial charge in [-0.3, -0.25) is 19.7 Å². The zero-order valence-corrected chi connectivity index (χ0v) is 17.1. The molecule has 2 heterocycles. The van der Waals surface area contributed by atoms with Crippen LogP contribution < -0.4 is 10.1 Å². The highest BCUT2D eigenvalue weighted by atomic mass is 32.2. The van der Waals surface area contributed by atoms with Gasteiger partial charge in [0.1, 0.15) is 18.1 Å². The molecule has 2 aliphatic rings. The molecule has 154 valence electrons. The number of hydrogen-bond donors (Lipinski definition) is 1. The Labute approximate surface area is 178 Å². The molecule has 0 aliphatic carbocycles. The molecule has 2 saturated heterocycles. The second-order valence-corrected chi connectivity index (χ2v) is 8.06. The third kappa shape index (κ3) is 4.72. The summed E-state index contributed by atoms with van der Waals surface area (Å²) in [6.07, 6.45) is 2.39. The highest BCUT2D eigenvalue weighted by Gasteiger charge is 2.26. The lowest BCUT2D eigenvalue weighted by Gasteiger charge is -2.32. The van der Waals surface area contributed by atoms with Crippen LogP contribution in [-0.2, 0) is 20.7 Å². The van der Waals surface area contributed by atoms with Gasteiger partial charge in [0.2, 0.25) is 5.91 Å². The van der Waals surface area contributed by atoms with E-state index in [4.69, 9.17) is 9.47 Å². The zero-order valence-electron chi connectivity index (χ0n) is 16.3. The SMILES string of the molecule is CN1C(=O)COCC1Cc1ccc(Oc2ccc(C=C3SC(=O)NC3=O)cc2)cc1. The molecule has 1 atom stereocenters. The fraction of sp³-hybridized carbons (Fsp3) is 0.227. The number of carbonyl (C=O) groups is 3. The molecule has 7 nitrogen and oxygen atoms in total. The fourth-order valence-electron chi connectivity index (χ4n) is 3.20. The Morgan fingerprint density at radius 2 is 1.77 bits per heavy atom. The van der Waals surface area contributed by atoms with E-state index < -0.39 is 0 Å². The third-order valence-electron chi connectivity index (χ3n) is 4.93. The number of benzene rings is 2. The molecular weight excluding hydrogens is 404 g/mol. The zero-order chi connectivity index (χ0) is 21.1. The normalized spacial score (nSPS) is 20.6. The van der Waals surface area contributed by atoms with Crippen molar-refractivity contribution in [2.75, 3.05) is 20.3 Å². The van der Waals surface area contributed by atoms with Gasteiger partial charge in [0, 0.05) is 7.05 Å². The molecule has 0 aromatic heterocycles. The number of ether oxygens (including phenoxy) is 2. The number of rotatable bonds is 5. The van der Waals surface area contributed by atoms with E-state index in [-0.39, 0.29) is 29.7 Å². The van der Waals surface area contributed by atoms with Gasteiger partial charge in [-0.05, 0) is 59.7 Å². The maximum atomic E-state index is 11.7. The van der Waals surface area contributed by atoms with Crippen molar-refractivity contribution in [3.8, 4) is 11.5 Å². The minimum atomic E-state index is -0.374. The van der Waals surface area contributed by atoms with E-state index in [9.17, 15) is 14.4 Å². The first-order chi connectivity index (χ1) is 14.5. The predicted octanol–water partition coefficient (Wildman–Crippen LogP) is 3.20. The Morgan fingerprint density at radius 1 is 1.10 bits per heavy atom. The van der Waals surface area contributed by atoms with Gasteiger partial charge in [-0.15, -0.1) is 0 Å². The lowest BCUT2D eigenvalue weighted by molar-refractivity contribution is -0.145. The molecule has 2 aliphatic heterocycles. The van der Waals surface area contributed by atoms with Crippen LogP contribution in [0.4, 0.5) is 4.79 Å². The summed E-state index contributed by atoms with van der Waals surface area (Å²) in [5.74, 6) is 0.992. The van der Waals surface area contributed by atoms with Gasteiger partial charge in [-0.25, -0.2) is 0 Å².